The van der Waals surface area contributed by atoms with Crippen LogP contribution in [0.15, 0.2) is 0 Å². The minimum atomic E-state index is -0.216. The molecule has 0 radical (unpaired) electrons. The highest BCUT2D eigenvalue weighted by Gasteiger charge is 2.32. The summed E-state index contributed by atoms with van der Waals surface area (Å²) >= 11 is 0. The largest absolute Gasteiger partial charge is 0.392 e. The zero-order chi connectivity index (χ0) is 8.55. The van der Waals surface area contributed by atoms with E-state index in [2.05, 4.69) is 10.2 Å². The highest BCUT2D eigenvalue weighted by molar-refractivity contribution is 5.85. The van der Waals surface area contributed by atoms with Crippen LogP contribution in [-0.2, 0) is 0 Å². The summed E-state index contributed by atoms with van der Waals surface area (Å²) in [6.45, 7) is 5.20. The molecule has 0 aromatic heterocycles. The van der Waals surface area contributed by atoms with Crippen molar-refractivity contribution in [2.75, 3.05) is 19.6 Å². The number of hydrogen-bond acceptors (Lipinski definition) is 3. The predicted octanol–water partition coefficient (Wildman–Crippen LogP) is 0.647. The Labute approximate surface area is 98.1 Å². The average molecular weight is 243 g/mol. The number of fused-ring (bicyclic) bond motifs is 1. The third-order valence-corrected chi connectivity index (χ3v) is 3.13. The van der Waals surface area contributed by atoms with Gasteiger partial charge in [-0.15, -0.1) is 24.8 Å². The Morgan fingerprint density at radius 3 is 2.79 bits per heavy atom. The van der Waals surface area contributed by atoms with Crippen LogP contribution in [-0.4, -0.2) is 47.8 Å². The van der Waals surface area contributed by atoms with E-state index in [1.54, 1.807) is 0 Å². The fraction of sp³-hybridized carbons (Fsp3) is 1.00. The first kappa shape index (κ1) is 14.5. The van der Waals surface area contributed by atoms with Crippen molar-refractivity contribution in [1.29, 1.82) is 0 Å². The molecule has 0 aromatic rings. The lowest BCUT2D eigenvalue weighted by molar-refractivity contribution is 0.0805. The molecule has 2 saturated heterocycles. The van der Waals surface area contributed by atoms with Crippen molar-refractivity contribution in [2.45, 2.75) is 38.0 Å². The van der Waals surface area contributed by atoms with Crippen molar-refractivity contribution < 1.29 is 5.11 Å². The van der Waals surface area contributed by atoms with Crippen LogP contribution < -0.4 is 5.32 Å². The molecule has 2 rings (SSSR count). The van der Waals surface area contributed by atoms with Crippen LogP contribution in [0.25, 0.3) is 0 Å². The summed E-state index contributed by atoms with van der Waals surface area (Å²) in [7, 11) is 0. The number of nitrogens with zero attached hydrogens (tertiary/aromatic N) is 1. The van der Waals surface area contributed by atoms with E-state index < -0.39 is 0 Å². The van der Waals surface area contributed by atoms with Gasteiger partial charge in [0.2, 0.25) is 0 Å². The van der Waals surface area contributed by atoms with Gasteiger partial charge in [-0.25, -0.2) is 0 Å². The summed E-state index contributed by atoms with van der Waals surface area (Å²) in [5.41, 5.74) is 0. The van der Waals surface area contributed by atoms with Crippen molar-refractivity contribution in [2.24, 2.45) is 0 Å². The van der Waals surface area contributed by atoms with Crippen molar-refractivity contribution in [3.8, 4) is 0 Å². The summed E-state index contributed by atoms with van der Waals surface area (Å²) in [5, 5.41) is 12.8. The molecular formula is C9H20Cl2N2O. The molecule has 5 heteroatoms. The molecule has 2 heterocycles. The first-order valence-corrected chi connectivity index (χ1v) is 4.93. The van der Waals surface area contributed by atoms with Gasteiger partial charge in [-0.2, -0.15) is 0 Å². The molecule has 0 spiro atoms. The highest BCUT2D eigenvalue weighted by atomic mass is 35.5. The fourth-order valence-electron chi connectivity index (χ4n) is 2.29. The minimum absolute atomic E-state index is 0. The number of nitrogens with one attached hydrogen (secondary N) is 1. The topological polar surface area (TPSA) is 35.5 Å². The minimum Gasteiger partial charge on any atom is -0.392 e. The molecule has 0 aliphatic carbocycles. The molecule has 3 nitrogen and oxygen atoms in total. The number of rotatable bonds is 1. The number of halogens is 2. The molecule has 86 valence electrons. The van der Waals surface area contributed by atoms with Crippen LogP contribution in [0.1, 0.15) is 19.8 Å². The van der Waals surface area contributed by atoms with Gasteiger partial charge < -0.3 is 10.4 Å². The zero-order valence-corrected chi connectivity index (χ0v) is 10.1. The molecule has 3 unspecified atom stereocenters. The third-order valence-electron chi connectivity index (χ3n) is 3.13. The molecule has 2 aliphatic heterocycles. The zero-order valence-electron chi connectivity index (χ0n) is 8.48. The van der Waals surface area contributed by atoms with Crippen LogP contribution in [0, 0.1) is 0 Å². The van der Waals surface area contributed by atoms with Gasteiger partial charge in [-0.05, 0) is 26.3 Å². The Hall–Kier alpha value is 0.460. The fourth-order valence-corrected chi connectivity index (χ4v) is 2.29. The first-order chi connectivity index (χ1) is 5.77. The Morgan fingerprint density at radius 1 is 1.43 bits per heavy atom. The summed E-state index contributed by atoms with van der Waals surface area (Å²) < 4.78 is 0. The number of piperazine rings is 1. The molecule has 0 amide bonds. The lowest BCUT2D eigenvalue weighted by Crippen LogP contribution is -2.57. The van der Waals surface area contributed by atoms with E-state index in [-0.39, 0.29) is 30.9 Å². The second-order valence-corrected chi connectivity index (χ2v) is 4.05. The normalized spacial score (nSPS) is 33.9. The van der Waals surface area contributed by atoms with Gasteiger partial charge in [0.05, 0.1) is 6.10 Å². The lowest BCUT2D eigenvalue weighted by atomic mass is 10.1. The molecule has 2 fully saturated rings. The van der Waals surface area contributed by atoms with Gasteiger partial charge in [-0.3, -0.25) is 4.90 Å². The van der Waals surface area contributed by atoms with Crippen LogP contribution in [0.3, 0.4) is 0 Å². The summed E-state index contributed by atoms with van der Waals surface area (Å²) in [6, 6.07) is 1.04. The SMILES string of the molecule is CC(O)C1CN2CCCC2CN1.Cl.Cl. The Bertz CT molecular complexity index is 169. The molecule has 2 N–H and O–H groups in total. The molecule has 14 heavy (non-hydrogen) atoms. The lowest BCUT2D eigenvalue weighted by Gasteiger charge is -2.37. The number of aliphatic hydroxyl groups is 1. The van der Waals surface area contributed by atoms with E-state index in [9.17, 15) is 5.11 Å². The van der Waals surface area contributed by atoms with Gasteiger partial charge in [0.25, 0.3) is 0 Å². The van der Waals surface area contributed by atoms with Gasteiger partial charge >= 0.3 is 0 Å². The van der Waals surface area contributed by atoms with Crippen molar-refractivity contribution in [3.05, 3.63) is 0 Å². The molecule has 0 bridgehead atoms. The smallest absolute Gasteiger partial charge is 0.0677 e. The van der Waals surface area contributed by atoms with Crippen LogP contribution in [0.4, 0.5) is 0 Å². The van der Waals surface area contributed by atoms with E-state index in [1.165, 1.54) is 19.4 Å². The van der Waals surface area contributed by atoms with E-state index in [4.69, 9.17) is 0 Å². The van der Waals surface area contributed by atoms with E-state index in [1.807, 2.05) is 6.92 Å². The molecule has 0 saturated carbocycles. The molecule has 2 aliphatic rings. The summed E-state index contributed by atoms with van der Waals surface area (Å²) in [4.78, 5) is 2.51. The van der Waals surface area contributed by atoms with E-state index >= 15 is 0 Å². The van der Waals surface area contributed by atoms with Crippen LogP contribution in [0.2, 0.25) is 0 Å². The maximum atomic E-state index is 9.41. The number of hydrogen-bond donors (Lipinski definition) is 2. The third kappa shape index (κ3) is 2.97. The summed E-state index contributed by atoms with van der Waals surface area (Å²) in [5.74, 6) is 0. The monoisotopic (exact) mass is 242 g/mol. The van der Waals surface area contributed by atoms with Crippen LogP contribution in [0.5, 0.6) is 0 Å². The van der Waals surface area contributed by atoms with Crippen molar-refractivity contribution in [3.63, 3.8) is 0 Å². The maximum absolute atomic E-state index is 9.41. The summed E-state index contributed by atoms with van der Waals surface area (Å²) in [6.07, 6.45) is 2.45. The van der Waals surface area contributed by atoms with Crippen molar-refractivity contribution in [1.82, 2.24) is 10.2 Å². The Kier molecular flexibility index (Phi) is 6.33. The molecule has 0 aromatic carbocycles. The van der Waals surface area contributed by atoms with Crippen molar-refractivity contribution >= 4 is 24.8 Å². The first-order valence-electron chi connectivity index (χ1n) is 4.93. The highest BCUT2D eigenvalue weighted by Crippen LogP contribution is 2.20. The van der Waals surface area contributed by atoms with E-state index in [0.29, 0.717) is 6.04 Å². The van der Waals surface area contributed by atoms with Crippen LogP contribution >= 0.6 is 24.8 Å². The standard InChI is InChI=1S/C9H18N2O.2ClH/c1-7(12)9-6-11-4-2-3-8(11)5-10-9;;/h7-10,12H,2-6H2,1H3;2*1H. The van der Waals surface area contributed by atoms with Gasteiger partial charge in [0.1, 0.15) is 0 Å². The Balaban J connectivity index is 0.000000845. The predicted molar refractivity (Wildman–Crippen MR) is 62.6 cm³/mol. The quantitative estimate of drug-likeness (QED) is 0.709. The number of aliphatic hydroxyl groups excluding tert-OH is 1. The average Bonchev–Trinajstić information content (AvgIpc) is 2.49. The second-order valence-electron chi connectivity index (χ2n) is 4.05. The second kappa shape index (κ2) is 6.13. The molecule has 3 atom stereocenters. The van der Waals surface area contributed by atoms with E-state index in [0.717, 1.165) is 19.1 Å². The Morgan fingerprint density at radius 2 is 2.14 bits per heavy atom. The van der Waals surface area contributed by atoms with Gasteiger partial charge in [0, 0.05) is 25.2 Å². The van der Waals surface area contributed by atoms with Gasteiger partial charge in [-0.1, -0.05) is 0 Å². The molecular weight excluding hydrogens is 223 g/mol. The van der Waals surface area contributed by atoms with Gasteiger partial charge in [0.15, 0.2) is 0 Å². The maximum Gasteiger partial charge on any atom is 0.0677 e.